The second-order valence-corrected chi connectivity index (χ2v) is 9.88. The SMILES string of the molecule is C[C@@H](CCNc1nc(Nc2cnn(C3CCN(C4CC4)CC3)c2)ncc1Cl)N1CCCC1=O. The number of halogens is 1. The first-order chi connectivity index (χ1) is 16.1. The number of carbonyl (C=O) groups excluding carboxylic acids is 1. The number of piperidine rings is 1. The van der Waals surface area contributed by atoms with Gasteiger partial charge in [0.25, 0.3) is 0 Å². The third kappa shape index (κ3) is 5.41. The third-order valence-corrected chi connectivity index (χ3v) is 7.31. The molecule has 3 aliphatic rings. The molecule has 2 aromatic heterocycles. The third-order valence-electron chi connectivity index (χ3n) is 7.03. The van der Waals surface area contributed by atoms with Crippen LogP contribution in [0.1, 0.15) is 57.9 Å². The maximum Gasteiger partial charge on any atom is 0.229 e. The Kier molecular flexibility index (Phi) is 6.69. The van der Waals surface area contributed by atoms with Gasteiger partial charge in [0.05, 0.1) is 24.1 Å². The predicted octanol–water partition coefficient (Wildman–Crippen LogP) is 3.68. The quantitative estimate of drug-likeness (QED) is 0.575. The van der Waals surface area contributed by atoms with Gasteiger partial charge in [-0.05, 0) is 45.4 Å². The monoisotopic (exact) mass is 472 g/mol. The highest BCUT2D eigenvalue weighted by Crippen LogP contribution is 2.32. The lowest BCUT2D eigenvalue weighted by atomic mass is 10.1. The first kappa shape index (κ1) is 22.4. The van der Waals surface area contributed by atoms with Crippen LogP contribution in [-0.2, 0) is 4.79 Å². The maximum absolute atomic E-state index is 11.9. The zero-order chi connectivity index (χ0) is 22.8. The number of amides is 1. The van der Waals surface area contributed by atoms with Crippen LogP contribution in [0.4, 0.5) is 17.5 Å². The van der Waals surface area contributed by atoms with Gasteiger partial charge in [-0.25, -0.2) is 4.98 Å². The van der Waals surface area contributed by atoms with Gasteiger partial charge in [-0.3, -0.25) is 9.48 Å². The van der Waals surface area contributed by atoms with E-state index in [1.807, 2.05) is 17.3 Å². The molecule has 0 unspecified atom stereocenters. The zero-order valence-electron chi connectivity index (χ0n) is 19.2. The van der Waals surface area contributed by atoms with Crippen molar-refractivity contribution in [3.8, 4) is 0 Å². The van der Waals surface area contributed by atoms with Crippen molar-refractivity contribution in [2.45, 2.75) is 70.0 Å². The largest absolute Gasteiger partial charge is 0.369 e. The van der Waals surface area contributed by atoms with Crippen LogP contribution in [0, 0.1) is 0 Å². The fraction of sp³-hybridized carbons (Fsp3) is 0.652. The lowest BCUT2D eigenvalue weighted by Gasteiger charge is -2.31. The van der Waals surface area contributed by atoms with Crippen molar-refractivity contribution in [2.24, 2.45) is 0 Å². The van der Waals surface area contributed by atoms with E-state index in [0.717, 1.165) is 57.0 Å². The van der Waals surface area contributed by atoms with Gasteiger partial charge >= 0.3 is 0 Å². The average Bonchev–Trinajstić information content (AvgIpc) is 3.42. The van der Waals surface area contributed by atoms with Crippen LogP contribution in [-0.4, -0.2) is 73.7 Å². The van der Waals surface area contributed by atoms with Crippen LogP contribution < -0.4 is 10.6 Å². The van der Waals surface area contributed by atoms with E-state index in [9.17, 15) is 4.79 Å². The molecule has 1 atom stereocenters. The van der Waals surface area contributed by atoms with Gasteiger partial charge in [-0.1, -0.05) is 11.6 Å². The van der Waals surface area contributed by atoms with Crippen molar-refractivity contribution in [2.75, 3.05) is 36.8 Å². The first-order valence-electron chi connectivity index (χ1n) is 12.2. The Balaban J connectivity index is 1.14. The summed E-state index contributed by atoms with van der Waals surface area (Å²) in [6.07, 6.45) is 13.0. The summed E-state index contributed by atoms with van der Waals surface area (Å²) >= 11 is 6.31. The van der Waals surface area contributed by atoms with E-state index in [-0.39, 0.29) is 11.9 Å². The molecule has 2 saturated heterocycles. The number of nitrogens with zero attached hydrogens (tertiary/aromatic N) is 6. The van der Waals surface area contributed by atoms with E-state index in [2.05, 4.69) is 42.2 Å². The minimum absolute atomic E-state index is 0.202. The van der Waals surface area contributed by atoms with E-state index in [1.165, 1.54) is 12.8 Å². The molecule has 4 heterocycles. The van der Waals surface area contributed by atoms with Gasteiger partial charge in [-0.2, -0.15) is 10.1 Å². The standard InChI is InChI=1S/C23H33ClN8O/c1-16(31-10-2-3-21(31)33)6-9-25-22-20(24)14-26-23(29-22)28-17-13-27-32(15-17)19-7-11-30(12-8-19)18-4-5-18/h13-16,18-19H,2-12H2,1H3,(H2,25,26,28,29)/t16-/m0/s1. The fourth-order valence-electron chi connectivity index (χ4n) is 4.93. The normalized spacial score (nSPS) is 20.9. The second-order valence-electron chi connectivity index (χ2n) is 9.48. The van der Waals surface area contributed by atoms with Gasteiger partial charge in [-0.15, -0.1) is 0 Å². The Morgan fingerprint density at radius 2 is 1.97 bits per heavy atom. The molecule has 1 amide bonds. The topological polar surface area (TPSA) is 91.2 Å². The van der Waals surface area contributed by atoms with Crippen molar-refractivity contribution in [1.29, 1.82) is 0 Å². The first-order valence-corrected chi connectivity index (χ1v) is 12.6. The lowest BCUT2D eigenvalue weighted by molar-refractivity contribution is -0.129. The van der Waals surface area contributed by atoms with Crippen LogP contribution in [0.2, 0.25) is 5.02 Å². The number of anilines is 3. The van der Waals surface area contributed by atoms with E-state index in [0.29, 0.717) is 35.8 Å². The summed E-state index contributed by atoms with van der Waals surface area (Å²) in [5.41, 5.74) is 0.870. The van der Waals surface area contributed by atoms with Crippen LogP contribution in [0.25, 0.3) is 0 Å². The fourth-order valence-corrected chi connectivity index (χ4v) is 5.09. The molecular formula is C23H33ClN8O. The number of rotatable bonds is 9. The van der Waals surface area contributed by atoms with Crippen molar-refractivity contribution >= 4 is 35.0 Å². The van der Waals surface area contributed by atoms with E-state index < -0.39 is 0 Å². The van der Waals surface area contributed by atoms with Crippen LogP contribution >= 0.6 is 11.6 Å². The molecular weight excluding hydrogens is 440 g/mol. The number of carbonyl (C=O) groups is 1. The highest BCUT2D eigenvalue weighted by molar-refractivity contribution is 6.32. The maximum atomic E-state index is 11.9. The molecule has 10 heteroatoms. The molecule has 1 saturated carbocycles. The molecule has 2 aliphatic heterocycles. The minimum atomic E-state index is 0.202. The van der Waals surface area contributed by atoms with Crippen molar-refractivity contribution in [3.05, 3.63) is 23.6 Å². The predicted molar refractivity (Wildman–Crippen MR) is 129 cm³/mol. The molecule has 3 fully saturated rings. The summed E-state index contributed by atoms with van der Waals surface area (Å²) in [6.45, 7) is 5.96. The van der Waals surface area contributed by atoms with Gasteiger partial charge < -0.3 is 20.4 Å². The number of hydrogen-bond acceptors (Lipinski definition) is 7. The van der Waals surface area contributed by atoms with E-state index in [1.54, 1.807) is 6.20 Å². The van der Waals surface area contributed by atoms with Crippen molar-refractivity contribution < 1.29 is 4.79 Å². The summed E-state index contributed by atoms with van der Waals surface area (Å²) in [5.74, 6) is 1.32. The molecule has 0 bridgehead atoms. The highest BCUT2D eigenvalue weighted by atomic mass is 35.5. The summed E-state index contributed by atoms with van der Waals surface area (Å²) in [7, 11) is 0. The van der Waals surface area contributed by atoms with Gasteiger partial charge in [0.1, 0.15) is 10.8 Å². The van der Waals surface area contributed by atoms with E-state index in [4.69, 9.17) is 11.6 Å². The van der Waals surface area contributed by atoms with Gasteiger partial charge in [0.15, 0.2) is 0 Å². The lowest BCUT2D eigenvalue weighted by Crippen LogP contribution is -2.36. The Bertz CT molecular complexity index is 969. The molecule has 178 valence electrons. The summed E-state index contributed by atoms with van der Waals surface area (Å²) < 4.78 is 2.07. The second kappa shape index (κ2) is 9.85. The van der Waals surface area contributed by atoms with Crippen LogP contribution in [0.15, 0.2) is 18.6 Å². The Morgan fingerprint density at radius 1 is 1.15 bits per heavy atom. The zero-order valence-corrected chi connectivity index (χ0v) is 20.0. The van der Waals surface area contributed by atoms with Crippen molar-refractivity contribution in [1.82, 2.24) is 29.5 Å². The minimum Gasteiger partial charge on any atom is -0.369 e. The number of aromatic nitrogens is 4. The average molecular weight is 473 g/mol. The summed E-state index contributed by atoms with van der Waals surface area (Å²) in [5, 5.41) is 11.6. The molecule has 5 rings (SSSR count). The molecule has 0 radical (unpaired) electrons. The Hall–Kier alpha value is -2.39. The van der Waals surface area contributed by atoms with Crippen molar-refractivity contribution in [3.63, 3.8) is 0 Å². The summed E-state index contributed by atoms with van der Waals surface area (Å²) in [6, 6.07) is 1.49. The number of hydrogen-bond donors (Lipinski definition) is 2. The molecule has 0 spiro atoms. The van der Waals surface area contributed by atoms with E-state index >= 15 is 0 Å². The highest BCUT2D eigenvalue weighted by Gasteiger charge is 2.32. The van der Waals surface area contributed by atoms with Crippen LogP contribution in [0.3, 0.4) is 0 Å². The Morgan fingerprint density at radius 3 is 2.70 bits per heavy atom. The molecule has 9 nitrogen and oxygen atoms in total. The number of likely N-dealkylation sites (tertiary alicyclic amines) is 2. The molecule has 0 aromatic carbocycles. The van der Waals surface area contributed by atoms with Crippen LogP contribution in [0.5, 0.6) is 0 Å². The molecule has 33 heavy (non-hydrogen) atoms. The smallest absolute Gasteiger partial charge is 0.229 e. The Labute approximate surface area is 199 Å². The summed E-state index contributed by atoms with van der Waals surface area (Å²) in [4.78, 5) is 25.4. The van der Waals surface area contributed by atoms with Gasteiger partial charge in [0, 0.05) is 50.9 Å². The van der Waals surface area contributed by atoms with Gasteiger partial charge in [0.2, 0.25) is 11.9 Å². The molecule has 2 aromatic rings. The molecule has 1 aliphatic carbocycles. The number of nitrogens with one attached hydrogen (secondary N) is 2. The molecule has 2 N–H and O–H groups in total.